The second-order valence-electron chi connectivity index (χ2n) is 6.41. The fourth-order valence-corrected chi connectivity index (χ4v) is 3.77. The number of hydrogen-bond donors (Lipinski definition) is 0. The van der Waals surface area contributed by atoms with E-state index in [1.165, 1.54) is 76.8 Å². The smallest absolute Gasteiger partial charge is 0.0113 e. The van der Waals surface area contributed by atoms with Crippen molar-refractivity contribution in [3.8, 4) is 0 Å². The first-order valence-corrected chi connectivity index (χ1v) is 8.42. The number of nitrogens with zero attached hydrogens (tertiary/aromatic N) is 2. The van der Waals surface area contributed by atoms with E-state index < -0.39 is 0 Å². The van der Waals surface area contributed by atoms with Crippen LogP contribution in [0.3, 0.4) is 0 Å². The number of aryl methyl sites for hydroxylation is 1. The molecule has 0 radical (unpaired) electrons. The SMILES string of the molecule is Cl.Cl.c1ccc(CCCN2CCN(C3CCCC3)CC2)cc1. The van der Waals surface area contributed by atoms with Crippen LogP contribution in [0.5, 0.6) is 0 Å². The third-order valence-electron chi connectivity index (χ3n) is 5.03. The number of benzene rings is 1. The molecule has 2 nitrogen and oxygen atoms in total. The topological polar surface area (TPSA) is 6.48 Å². The molecule has 126 valence electrons. The highest BCUT2D eigenvalue weighted by Gasteiger charge is 2.25. The number of halogens is 2. The van der Waals surface area contributed by atoms with E-state index in [-0.39, 0.29) is 24.8 Å². The van der Waals surface area contributed by atoms with Gasteiger partial charge in [-0.1, -0.05) is 43.2 Å². The van der Waals surface area contributed by atoms with Gasteiger partial charge in [0.2, 0.25) is 0 Å². The zero-order valence-corrected chi connectivity index (χ0v) is 15.1. The van der Waals surface area contributed by atoms with Gasteiger partial charge in [-0.15, -0.1) is 24.8 Å². The quantitative estimate of drug-likeness (QED) is 0.795. The first kappa shape index (κ1) is 19.8. The predicted molar refractivity (Wildman–Crippen MR) is 99.5 cm³/mol. The molecule has 1 heterocycles. The predicted octanol–water partition coefficient (Wildman–Crippen LogP) is 4.02. The Morgan fingerprint density at radius 3 is 2.14 bits per heavy atom. The highest BCUT2D eigenvalue weighted by atomic mass is 35.5. The molecular formula is C18H30Cl2N2. The monoisotopic (exact) mass is 344 g/mol. The lowest BCUT2D eigenvalue weighted by atomic mass is 10.1. The summed E-state index contributed by atoms with van der Waals surface area (Å²) >= 11 is 0. The molecule has 0 unspecified atom stereocenters. The lowest BCUT2D eigenvalue weighted by Gasteiger charge is -2.38. The van der Waals surface area contributed by atoms with Crippen molar-refractivity contribution >= 4 is 24.8 Å². The zero-order chi connectivity index (χ0) is 13.6. The van der Waals surface area contributed by atoms with Crippen LogP contribution in [-0.2, 0) is 6.42 Å². The van der Waals surface area contributed by atoms with Crippen molar-refractivity contribution in [2.75, 3.05) is 32.7 Å². The molecule has 2 fully saturated rings. The molecule has 1 aromatic carbocycles. The Kier molecular flexibility index (Phi) is 9.42. The first-order valence-electron chi connectivity index (χ1n) is 8.42. The van der Waals surface area contributed by atoms with Crippen molar-refractivity contribution in [1.29, 1.82) is 0 Å². The summed E-state index contributed by atoms with van der Waals surface area (Å²) in [6, 6.07) is 11.8. The summed E-state index contributed by atoms with van der Waals surface area (Å²) < 4.78 is 0. The van der Waals surface area contributed by atoms with Gasteiger partial charge in [-0.25, -0.2) is 0 Å². The third kappa shape index (κ3) is 5.73. The van der Waals surface area contributed by atoms with Gasteiger partial charge in [0.1, 0.15) is 0 Å². The lowest BCUT2D eigenvalue weighted by molar-refractivity contribution is 0.0973. The van der Waals surface area contributed by atoms with Crippen LogP contribution in [0.15, 0.2) is 30.3 Å². The summed E-state index contributed by atoms with van der Waals surface area (Å²) in [5.74, 6) is 0. The van der Waals surface area contributed by atoms with E-state index in [2.05, 4.69) is 40.1 Å². The molecule has 0 N–H and O–H groups in total. The van der Waals surface area contributed by atoms with Crippen molar-refractivity contribution in [3.05, 3.63) is 35.9 Å². The minimum atomic E-state index is 0. The van der Waals surface area contributed by atoms with E-state index in [0.29, 0.717) is 0 Å². The fourth-order valence-electron chi connectivity index (χ4n) is 3.77. The van der Waals surface area contributed by atoms with Gasteiger partial charge in [-0.05, 0) is 37.8 Å². The number of piperazine rings is 1. The van der Waals surface area contributed by atoms with E-state index in [9.17, 15) is 0 Å². The molecule has 0 aromatic heterocycles. The van der Waals surface area contributed by atoms with E-state index in [1.54, 1.807) is 0 Å². The van der Waals surface area contributed by atoms with Crippen LogP contribution < -0.4 is 0 Å². The Balaban J connectivity index is 0.00000121. The summed E-state index contributed by atoms with van der Waals surface area (Å²) in [7, 11) is 0. The molecule has 1 aromatic rings. The Morgan fingerprint density at radius 2 is 1.50 bits per heavy atom. The molecule has 0 atom stereocenters. The summed E-state index contributed by atoms with van der Waals surface area (Å²) in [4.78, 5) is 5.41. The van der Waals surface area contributed by atoms with Crippen molar-refractivity contribution in [1.82, 2.24) is 9.80 Å². The van der Waals surface area contributed by atoms with E-state index in [4.69, 9.17) is 0 Å². The van der Waals surface area contributed by atoms with Gasteiger partial charge in [0.05, 0.1) is 0 Å². The molecule has 2 aliphatic rings. The molecule has 0 amide bonds. The zero-order valence-electron chi connectivity index (χ0n) is 13.5. The minimum Gasteiger partial charge on any atom is -0.301 e. The second-order valence-corrected chi connectivity index (χ2v) is 6.41. The van der Waals surface area contributed by atoms with Crippen molar-refractivity contribution < 1.29 is 0 Å². The second kappa shape index (κ2) is 10.5. The highest BCUT2D eigenvalue weighted by molar-refractivity contribution is 5.85. The van der Waals surface area contributed by atoms with Gasteiger partial charge in [0.25, 0.3) is 0 Å². The van der Waals surface area contributed by atoms with Crippen LogP contribution in [0.2, 0.25) is 0 Å². The van der Waals surface area contributed by atoms with Gasteiger partial charge >= 0.3 is 0 Å². The number of hydrogen-bond acceptors (Lipinski definition) is 2. The summed E-state index contributed by atoms with van der Waals surface area (Å²) in [5, 5.41) is 0. The van der Waals surface area contributed by atoms with Crippen LogP contribution in [0, 0.1) is 0 Å². The Hall–Kier alpha value is -0.280. The Bertz CT molecular complexity index is 385. The summed E-state index contributed by atoms with van der Waals surface area (Å²) in [6.07, 6.45) is 8.35. The molecule has 1 aliphatic carbocycles. The molecule has 0 bridgehead atoms. The van der Waals surface area contributed by atoms with Crippen LogP contribution >= 0.6 is 24.8 Å². The maximum atomic E-state index is 2.75. The Morgan fingerprint density at radius 1 is 0.864 bits per heavy atom. The number of rotatable bonds is 5. The molecule has 1 saturated heterocycles. The van der Waals surface area contributed by atoms with Gasteiger partial charge in [-0.3, -0.25) is 4.90 Å². The van der Waals surface area contributed by atoms with Crippen LogP contribution in [-0.4, -0.2) is 48.6 Å². The molecule has 1 aliphatic heterocycles. The average molecular weight is 345 g/mol. The average Bonchev–Trinajstić information content (AvgIpc) is 3.03. The first-order chi connectivity index (χ1) is 9.92. The third-order valence-corrected chi connectivity index (χ3v) is 5.03. The molecule has 0 spiro atoms. The Labute approximate surface area is 148 Å². The van der Waals surface area contributed by atoms with Crippen LogP contribution in [0.4, 0.5) is 0 Å². The van der Waals surface area contributed by atoms with Gasteiger partial charge < -0.3 is 4.90 Å². The largest absolute Gasteiger partial charge is 0.301 e. The van der Waals surface area contributed by atoms with E-state index >= 15 is 0 Å². The molecule has 4 heteroatoms. The summed E-state index contributed by atoms with van der Waals surface area (Å²) in [5.41, 5.74) is 1.48. The summed E-state index contributed by atoms with van der Waals surface area (Å²) in [6.45, 7) is 6.44. The highest BCUT2D eigenvalue weighted by Crippen LogP contribution is 2.24. The van der Waals surface area contributed by atoms with Crippen molar-refractivity contribution in [2.45, 2.75) is 44.6 Å². The molecular weight excluding hydrogens is 315 g/mol. The van der Waals surface area contributed by atoms with Crippen molar-refractivity contribution in [2.24, 2.45) is 0 Å². The van der Waals surface area contributed by atoms with Gasteiger partial charge in [0, 0.05) is 32.2 Å². The van der Waals surface area contributed by atoms with Gasteiger partial charge in [-0.2, -0.15) is 0 Å². The van der Waals surface area contributed by atoms with Crippen molar-refractivity contribution in [3.63, 3.8) is 0 Å². The standard InChI is InChI=1S/C18H28N2.2ClH/c1-2-7-17(8-3-1)9-6-12-19-13-15-20(16-14-19)18-10-4-5-11-18;;/h1-3,7-8,18H,4-6,9-16H2;2*1H. The molecule has 22 heavy (non-hydrogen) atoms. The lowest BCUT2D eigenvalue weighted by Crippen LogP contribution is -2.49. The maximum Gasteiger partial charge on any atom is 0.0113 e. The minimum absolute atomic E-state index is 0. The molecule has 1 saturated carbocycles. The van der Waals surface area contributed by atoms with E-state index in [0.717, 1.165) is 6.04 Å². The van der Waals surface area contributed by atoms with E-state index in [1.807, 2.05) is 0 Å². The normalized spacial score (nSPS) is 20.4. The molecule has 3 rings (SSSR count). The fraction of sp³-hybridized carbons (Fsp3) is 0.667. The van der Waals surface area contributed by atoms with Gasteiger partial charge in [0.15, 0.2) is 0 Å². The maximum absolute atomic E-state index is 2.75. The van der Waals surface area contributed by atoms with Crippen LogP contribution in [0.1, 0.15) is 37.7 Å². The van der Waals surface area contributed by atoms with Crippen LogP contribution in [0.25, 0.3) is 0 Å².